The van der Waals surface area contributed by atoms with E-state index in [1.807, 2.05) is 32.9 Å². The molecule has 5 heteroatoms. The van der Waals surface area contributed by atoms with Gasteiger partial charge in [0.05, 0.1) is 11.2 Å². The quantitative estimate of drug-likeness (QED) is 0.869. The van der Waals surface area contributed by atoms with Crippen molar-refractivity contribution < 1.29 is 9.53 Å². The van der Waals surface area contributed by atoms with Gasteiger partial charge in [-0.1, -0.05) is 6.07 Å². The lowest BCUT2D eigenvalue weighted by molar-refractivity contribution is 0.0636. The molecule has 0 aliphatic carbocycles. The van der Waals surface area contributed by atoms with Crippen molar-refractivity contribution in [1.82, 2.24) is 9.55 Å². The van der Waals surface area contributed by atoms with Crippen molar-refractivity contribution in [2.45, 2.75) is 52.2 Å². The van der Waals surface area contributed by atoms with Crippen LogP contribution in [0.4, 0.5) is 10.5 Å². The van der Waals surface area contributed by atoms with Crippen LogP contribution in [-0.2, 0) is 17.7 Å². The van der Waals surface area contributed by atoms with Crippen molar-refractivity contribution in [2.24, 2.45) is 0 Å². The van der Waals surface area contributed by atoms with Gasteiger partial charge in [0.2, 0.25) is 0 Å². The number of carbonyl (C=O) groups is 1. The van der Waals surface area contributed by atoms with E-state index in [-0.39, 0.29) is 0 Å². The van der Waals surface area contributed by atoms with E-state index in [2.05, 4.69) is 16.0 Å². The van der Waals surface area contributed by atoms with E-state index in [9.17, 15) is 4.79 Å². The van der Waals surface area contributed by atoms with E-state index in [0.29, 0.717) is 5.69 Å². The monoisotopic (exact) mass is 287 g/mol. The number of fused-ring (bicyclic) bond motifs is 3. The number of anilines is 1. The highest BCUT2D eigenvalue weighted by Gasteiger charge is 2.20. The molecule has 112 valence electrons. The van der Waals surface area contributed by atoms with E-state index in [4.69, 9.17) is 9.72 Å². The molecule has 1 N–H and O–H groups in total. The number of aryl methyl sites for hydroxylation is 2. The van der Waals surface area contributed by atoms with Crippen molar-refractivity contribution >= 4 is 22.8 Å². The van der Waals surface area contributed by atoms with Crippen LogP contribution in [0.5, 0.6) is 0 Å². The van der Waals surface area contributed by atoms with E-state index >= 15 is 0 Å². The number of para-hydroxylation sites is 1. The highest BCUT2D eigenvalue weighted by Crippen LogP contribution is 2.27. The van der Waals surface area contributed by atoms with E-state index in [1.165, 1.54) is 12.8 Å². The zero-order chi connectivity index (χ0) is 15.0. The molecule has 5 nitrogen and oxygen atoms in total. The molecule has 0 bridgehead atoms. The second kappa shape index (κ2) is 5.06. The minimum Gasteiger partial charge on any atom is -0.444 e. The Hall–Kier alpha value is -2.04. The molecule has 1 aromatic heterocycles. The number of rotatable bonds is 1. The Morgan fingerprint density at radius 2 is 2.14 bits per heavy atom. The molecule has 0 spiro atoms. The van der Waals surface area contributed by atoms with Gasteiger partial charge < -0.3 is 9.30 Å². The van der Waals surface area contributed by atoms with Crippen LogP contribution < -0.4 is 5.32 Å². The minimum atomic E-state index is -0.509. The number of amides is 1. The maximum absolute atomic E-state index is 11.9. The Morgan fingerprint density at radius 1 is 1.33 bits per heavy atom. The third kappa shape index (κ3) is 2.86. The summed E-state index contributed by atoms with van der Waals surface area (Å²) in [6.45, 7) is 6.55. The average Bonchev–Trinajstić information content (AvgIpc) is 2.76. The summed E-state index contributed by atoms with van der Waals surface area (Å²) >= 11 is 0. The Bertz CT molecular complexity index is 683. The third-order valence-corrected chi connectivity index (χ3v) is 3.53. The van der Waals surface area contributed by atoms with Crippen LogP contribution in [0.1, 0.15) is 39.4 Å². The minimum absolute atomic E-state index is 0.444. The zero-order valence-corrected chi connectivity index (χ0v) is 12.8. The average molecular weight is 287 g/mol. The molecule has 21 heavy (non-hydrogen) atoms. The normalized spacial score (nSPS) is 14.8. The SMILES string of the molecule is CC(C)(C)OC(=O)Nc1cccc2c1nc1n2CCCC1. The lowest BCUT2D eigenvalue weighted by Gasteiger charge is -2.19. The summed E-state index contributed by atoms with van der Waals surface area (Å²) in [4.78, 5) is 16.6. The van der Waals surface area contributed by atoms with Gasteiger partial charge in [0.1, 0.15) is 16.9 Å². The molecule has 1 aliphatic heterocycles. The maximum Gasteiger partial charge on any atom is 0.412 e. The number of benzene rings is 1. The first kappa shape index (κ1) is 13.9. The Kier molecular flexibility index (Phi) is 3.35. The van der Waals surface area contributed by atoms with Crippen LogP contribution in [0.3, 0.4) is 0 Å². The number of carbonyl (C=O) groups excluding carboxylic acids is 1. The van der Waals surface area contributed by atoms with Crippen molar-refractivity contribution in [3.63, 3.8) is 0 Å². The van der Waals surface area contributed by atoms with Gasteiger partial charge in [-0.2, -0.15) is 0 Å². The molecule has 0 atom stereocenters. The second-order valence-electron chi connectivity index (χ2n) is 6.44. The van der Waals surface area contributed by atoms with Gasteiger partial charge in [-0.3, -0.25) is 5.32 Å². The van der Waals surface area contributed by atoms with Crippen molar-refractivity contribution in [1.29, 1.82) is 0 Å². The second-order valence-corrected chi connectivity index (χ2v) is 6.44. The van der Waals surface area contributed by atoms with Crippen LogP contribution in [-0.4, -0.2) is 21.2 Å². The van der Waals surface area contributed by atoms with Gasteiger partial charge in [-0.15, -0.1) is 0 Å². The van der Waals surface area contributed by atoms with Crippen LogP contribution in [0.15, 0.2) is 18.2 Å². The van der Waals surface area contributed by atoms with E-state index < -0.39 is 11.7 Å². The molecule has 2 heterocycles. The summed E-state index contributed by atoms with van der Waals surface area (Å²) < 4.78 is 7.56. The topological polar surface area (TPSA) is 56.1 Å². The lowest BCUT2D eigenvalue weighted by Crippen LogP contribution is -2.27. The van der Waals surface area contributed by atoms with Gasteiger partial charge in [0, 0.05) is 13.0 Å². The van der Waals surface area contributed by atoms with Crippen molar-refractivity contribution in [3.8, 4) is 0 Å². The highest BCUT2D eigenvalue weighted by atomic mass is 16.6. The van der Waals surface area contributed by atoms with E-state index in [0.717, 1.165) is 29.8 Å². The number of nitrogens with zero attached hydrogens (tertiary/aromatic N) is 2. The first-order valence-electron chi connectivity index (χ1n) is 7.42. The summed E-state index contributed by atoms with van der Waals surface area (Å²) in [7, 11) is 0. The molecule has 1 aliphatic rings. The van der Waals surface area contributed by atoms with Crippen LogP contribution in [0.2, 0.25) is 0 Å². The van der Waals surface area contributed by atoms with Gasteiger partial charge in [0.15, 0.2) is 0 Å². The number of ether oxygens (including phenoxy) is 1. The smallest absolute Gasteiger partial charge is 0.412 e. The van der Waals surface area contributed by atoms with Crippen LogP contribution in [0, 0.1) is 0 Å². The summed E-state index contributed by atoms with van der Waals surface area (Å²) in [5.74, 6) is 1.11. The molecular formula is C16H21N3O2. The summed E-state index contributed by atoms with van der Waals surface area (Å²) in [5, 5.41) is 2.81. The molecule has 0 fully saturated rings. The molecule has 3 rings (SSSR count). The predicted octanol–water partition coefficient (Wildman–Crippen LogP) is 3.72. The summed E-state index contributed by atoms with van der Waals surface area (Å²) in [6, 6.07) is 5.86. The fraction of sp³-hybridized carbons (Fsp3) is 0.500. The van der Waals surface area contributed by atoms with Gasteiger partial charge in [0.25, 0.3) is 0 Å². The largest absolute Gasteiger partial charge is 0.444 e. The molecule has 0 saturated carbocycles. The van der Waals surface area contributed by atoms with Crippen LogP contribution in [0.25, 0.3) is 11.0 Å². The molecule has 0 saturated heterocycles. The van der Waals surface area contributed by atoms with Gasteiger partial charge in [-0.05, 0) is 45.7 Å². The zero-order valence-electron chi connectivity index (χ0n) is 12.8. The maximum atomic E-state index is 11.9. The molecule has 0 unspecified atom stereocenters. The predicted molar refractivity (Wildman–Crippen MR) is 82.5 cm³/mol. The van der Waals surface area contributed by atoms with Crippen molar-refractivity contribution in [3.05, 3.63) is 24.0 Å². The Balaban J connectivity index is 1.92. The molecule has 1 amide bonds. The summed E-state index contributed by atoms with van der Waals surface area (Å²) in [6.07, 6.45) is 2.92. The first-order valence-corrected chi connectivity index (χ1v) is 7.42. The number of nitrogens with one attached hydrogen (secondary N) is 1. The fourth-order valence-corrected chi connectivity index (χ4v) is 2.70. The summed E-state index contributed by atoms with van der Waals surface area (Å²) in [5.41, 5.74) is 2.13. The lowest BCUT2D eigenvalue weighted by atomic mass is 10.2. The number of hydrogen-bond acceptors (Lipinski definition) is 3. The third-order valence-electron chi connectivity index (χ3n) is 3.53. The standard InChI is InChI=1S/C16H21N3O2/c1-16(2,3)21-15(20)17-11-7-6-8-12-14(11)18-13-9-4-5-10-19(12)13/h6-8H,4-5,9-10H2,1-3H3,(H,17,20). The van der Waals surface area contributed by atoms with E-state index in [1.54, 1.807) is 0 Å². The Labute approximate surface area is 124 Å². The first-order chi connectivity index (χ1) is 9.94. The van der Waals surface area contributed by atoms with Gasteiger partial charge in [-0.25, -0.2) is 9.78 Å². The molecular weight excluding hydrogens is 266 g/mol. The molecule has 1 aromatic carbocycles. The van der Waals surface area contributed by atoms with Gasteiger partial charge >= 0.3 is 6.09 Å². The van der Waals surface area contributed by atoms with Crippen molar-refractivity contribution in [2.75, 3.05) is 5.32 Å². The number of imidazole rings is 1. The fourth-order valence-electron chi connectivity index (χ4n) is 2.70. The Morgan fingerprint density at radius 3 is 2.90 bits per heavy atom. The molecule has 2 aromatic rings. The molecule has 0 radical (unpaired) electrons. The number of hydrogen-bond donors (Lipinski definition) is 1. The highest BCUT2D eigenvalue weighted by molar-refractivity contribution is 5.97. The van der Waals surface area contributed by atoms with Crippen LogP contribution >= 0.6 is 0 Å². The number of aromatic nitrogens is 2.